The van der Waals surface area contributed by atoms with Crippen LogP contribution in [0.4, 0.5) is 0 Å². The van der Waals surface area contributed by atoms with Gasteiger partial charge in [0.05, 0.1) is 51.9 Å². The van der Waals surface area contributed by atoms with Crippen molar-refractivity contribution in [2.24, 2.45) is 0 Å². The van der Waals surface area contributed by atoms with Crippen LogP contribution in [0.25, 0.3) is 26.9 Å². The number of rotatable bonds is 18. The monoisotopic (exact) mass is 737 g/mol. The van der Waals surface area contributed by atoms with Crippen molar-refractivity contribution >= 4 is 33.4 Å². The zero-order chi connectivity index (χ0) is 37.0. The van der Waals surface area contributed by atoms with Crippen LogP contribution in [0.1, 0.15) is 28.8 Å². The van der Waals surface area contributed by atoms with E-state index >= 15 is 0 Å². The van der Waals surface area contributed by atoms with Gasteiger partial charge in [-0.25, -0.2) is 4.98 Å². The summed E-state index contributed by atoms with van der Waals surface area (Å²) in [7, 11) is 6.19. The van der Waals surface area contributed by atoms with Crippen molar-refractivity contribution in [3.8, 4) is 45.1 Å². The lowest BCUT2D eigenvalue weighted by atomic mass is 10.1. The predicted molar refractivity (Wildman–Crippen MR) is 211 cm³/mol. The minimum Gasteiger partial charge on any atom is -0.494 e. The summed E-state index contributed by atoms with van der Waals surface area (Å²) in [6.45, 7) is 7.40. The number of hydrogen-bond acceptors (Lipinski definition) is 11. The van der Waals surface area contributed by atoms with Gasteiger partial charge in [0.15, 0.2) is 28.8 Å². The number of carbonyl (C=O) groups is 1. The number of thiazole rings is 1. The summed E-state index contributed by atoms with van der Waals surface area (Å²) >= 11 is 1.71. The Balaban J connectivity index is 0.902. The van der Waals surface area contributed by atoms with Crippen molar-refractivity contribution in [3.05, 3.63) is 96.1 Å². The maximum atomic E-state index is 13.0. The number of benzene rings is 4. The van der Waals surface area contributed by atoms with Crippen LogP contribution < -0.4 is 28.4 Å². The highest BCUT2D eigenvalue weighted by Gasteiger charge is 2.18. The fraction of sp³-hybridized carbons (Fsp3) is 0.333. The molecule has 0 atom stereocenters. The van der Waals surface area contributed by atoms with Gasteiger partial charge < -0.3 is 38.2 Å². The molecule has 0 unspecified atom stereocenters. The van der Waals surface area contributed by atoms with Crippen molar-refractivity contribution < 1.29 is 33.2 Å². The Morgan fingerprint density at radius 1 is 0.717 bits per heavy atom. The molecule has 1 aromatic heterocycles. The maximum absolute atomic E-state index is 13.0. The lowest BCUT2D eigenvalue weighted by molar-refractivity contribution is 0.104. The van der Waals surface area contributed by atoms with E-state index in [1.807, 2.05) is 36.4 Å². The molecule has 2 heterocycles. The van der Waals surface area contributed by atoms with Crippen molar-refractivity contribution in [2.45, 2.75) is 12.8 Å². The molecule has 0 saturated carbocycles. The van der Waals surface area contributed by atoms with E-state index in [4.69, 9.17) is 33.4 Å². The predicted octanol–water partition coefficient (Wildman–Crippen LogP) is 7.75. The van der Waals surface area contributed by atoms with Gasteiger partial charge in [0.1, 0.15) is 10.8 Å². The van der Waals surface area contributed by atoms with Crippen LogP contribution in [0.5, 0.6) is 34.5 Å². The van der Waals surface area contributed by atoms with Crippen LogP contribution >= 0.6 is 11.3 Å². The number of nitrogens with zero attached hydrogens (tertiary/aromatic N) is 3. The third kappa shape index (κ3) is 9.87. The molecule has 4 aromatic carbocycles. The number of fused-ring (bicyclic) bond motifs is 1. The second-order valence-corrected chi connectivity index (χ2v) is 13.7. The van der Waals surface area contributed by atoms with Gasteiger partial charge in [-0.15, -0.1) is 11.3 Å². The first-order chi connectivity index (χ1) is 26.0. The number of carbonyl (C=O) groups excluding carboxylic acids is 1. The van der Waals surface area contributed by atoms with Gasteiger partial charge in [0.2, 0.25) is 5.75 Å². The highest BCUT2D eigenvalue weighted by Crippen LogP contribution is 2.38. The Morgan fingerprint density at radius 3 is 2.06 bits per heavy atom. The van der Waals surface area contributed by atoms with Crippen LogP contribution in [0.15, 0.2) is 84.9 Å². The van der Waals surface area contributed by atoms with E-state index in [1.54, 1.807) is 36.7 Å². The molecule has 1 fully saturated rings. The normalized spacial score (nSPS) is 13.7. The lowest BCUT2D eigenvalue weighted by Crippen LogP contribution is -2.47. The van der Waals surface area contributed by atoms with Gasteiger partial charge in [-0.2, -0.15) is 0 Å². The lowest BCUT2D eigenvalue weighted by Gasteiger charge is -2.34. The molecule has 0 amide bonds. The second kappa shape index (κ2) is 18.6. The van der Waals surface area contributed by atoms with Gasteiger partial charge in [-0.1, -0.05) is 36.4 Å². The minimum atomic E-state index is -0.196. The first kappa shape index (κ1) is 37.7. The Morgan fingerprint density at radius 2 is 1.40 bits per heavy atom. The van der Waals surface area contributed by atoms with E-state index in [0.29, 0.717) is 47.5 Å². The summed E-state index contributed by atoms with van der Waals surface area (Å²) in [6, 6.07) is 25.4. The molecule has 11 heteroatoms. The number of allylic oxidation sites excluding steroid dienone is 1. The molecule has 1 aliphatic rings. The second-order valence-electron chi connectivity index (χ2n) is 12.6. The van der Waals surface area contributed by atoms with Crippen LogP contribution in [0.3, 0.4) is 0 Å². The van der Waals surface area contributed by atoms with Gasteiger partial charge in [0.25, 0.3) is 0 Å². The quantitative estimate of drug-likeness (QED) is 0.0505. The Labute approximate surface area is 315 Å². The van der Waals surface area contributed by atoms with E-state index in [1.165, 1.54) is 32.1 Å². The van der Waals surface area contributed by atoms with Crippen molar-refractivity contribution in [3.63, 3.8) is 0 Å². The molecule has 10 nitrogen and oxygen atoms in total. The first-order valence-electron chi connectivity index (χ1n) is 17.8. The first-order valence-corrected chi connectivity index (χ1v) is 18.7. The van der Waals surface area contributed by atoms with Crippen LogP contribution in [0.2, 0.25) is 0 Å². The number of piperazine rings is 1. The summed E-state index contributed by atoms with van der Waals surface area (Å²) in [4.78, 5) is 22.8. The maximum Gasteiger partial charge on any atom is 0.203 e. The Kier molecular flexibility index (Phi) is 13.2. The third-order valence-corrected chi connectivity index (χ3v) is 10.3. The average molecular weight is 738 g/mol. The summed E-state index contributed by atoms with van der Waals surface area (Å²) < 4.78 is 35.2. The Hall–Kier alpha value is -5.10. The summed E-state index contributed by atoms with van der Waals surface area (Å²) in [6.07, 6.45) is 5.15. The number of ether oxygens (including phenoxy) is 6. The van der Waals surface area contributed by atoms with E-state index in [0.717, 1.165) is 79.5 Å². The zero-order valence-electron chi connectivity index (χ0n) is 30.8. The number of hydrogen-bond donors (Lipinski definition) is 0. The number of methoxy groups -OCH3 is 4. The molecule has 5 aromatic rings. The van der Waals surface area contributed by atoms with E-state index < -0.39 is 0 Å². The van der Waals surface area contributed by atoms with Crippen LogP contribution in [0, 0.1) is 0 Å². The molecule has 0 radical (unpaired) electrons. The third-order valence-electron chi connectivity index (χ3n) is 9.17. The topological polar surface area (TPSA) is 91.8 Å². The average Bonchev–Trinajstić information content (AvgIpc) is 3.65. The molecular formula is C42H47N3O7S. The molecule has 0 aliphatic carbocycles. The van der Waals surface area contributed by atoms with Crippen molar-refractivity contribution in [2.75, 3.05) is 80.9 Å². The zero-order valence-corrected chi connectivity index (χ0v) is 31.7. The molecule has 1 aliphatic heterocycles. The molecule has 0 bridgehead atoms. The molecule has 1 saturated heterocycles. The van der Waals surface area contributed by atoms with Crippen molar-refractivity contribution in [1.82, 2.24) is 14.8 Å². The molecular weight excluding hydrogens is 691 g/mol. The van der Waals surface area contributed by atoms with E-state index in [-0.39, 0.29) is 5.78 Å². The van der Waals surface area contributed by atoms with Crippen LogP contribution in [-0.4, -0.2) is 101 Å². The van der Waals surface area contributed by atoms with E-state index in [9.17, 15) is 4.79 Å². The molecule has 0 N–H and O–H groups in total. The fourth-order valence-electron chi connectivity index (χ4n) is 6.30. The molecule has 0 spiro atoms. The Bertz CT molecular complexity index is 1950. The number of para-hydroxylation sites is 1. The summed E-state index contributed by atoms with van der Waals surface area (Å²) in [5.41, 5.74) is 3.37. The molecule has 278 valence electrons. The smallest absolute Gasteiger partial charge is 0.203 e. The van der Waals surface area contributed by atoms with Crippen LogP contribution in [-0.2, 0) is 0 Å². The fourth-order valence-corrected chi connectivity index (χ4v) is 7.26. The summed E-state index contributed by atoms with van der Waals surface area (Å²) in [5, 5.41) is 1.02. The molecule has 6 rings (SSSR count). The van der Waals surface area contributed by atoms with Gasteiger partial charge in [0, 0.05) is 50.4 Å². The highest BCUT2D eigenvalue weighted by atomic mass is 32.1. The highest BCUT2D eigenvalue weighted by molar-refractivity contribution is 7.21. The number of ketones is 1. The summed E-state index contributed by atoms with van der Waals surface area (Å²) in [5.74, 6) is 3.27. The van der Waals surface area contributed by atoms with Gasteiger partial charge in [-0.05, 0) is 73.0 Å². The van der Waals surface area contributed by atoms with E-state index in [2.05, 4.69) is 40.1 Å². The van der Waals surface area contributed by atoms with Gasteiger partial charge in [-0.3, -0.25) is 4.79 Å². The minimum absolute atomic E-state index is 0.196. The standard InChI is InChI=1S/C42H47N3O7S/c1-47-36-17-15-30(14-16-35(46)32-28-38(48-2)41(50-4)39(29-32)49-3)26-37(36)52-25-9-19-45-22-20-44(21-23-45)18-8-24-51-33-11-7-10-31(27-33)42-43-34-12-5-6-13-40(34)53-42/h5-7,10-17,26-29H,8-9,18-25H2,1-4H3/b16-14+. The SMILES string of the molecule is COc1ccc(/C=C/C(=O)c2cc(OC)c(OC)c(OC)c2)cc1OCCCN1CCN(CCCOc2cccc(-c3nc4ccccc4s3)c2)CC1. The number of aromatic nitrogens is 1. The van der Waals surface area contributed by atoms with Crippen molar-refractivity contribution in [1.29, 1.82) is 0 Å². The van der Waals surface area contributed by atoms with Gasteiger partial charge >= 0.3 is 0 Å². The molecule has 53 heavy (non-hydrogen) atoms. The largest absolute Gasteiger partial charge is 0.494 e.